The summed E-state index contributed by atoms with van der Waals surface area (Å²) in [5.74, 6) is -0.221. The normalized spacial score (nSPS) is 15.0. The zero-order chi connectivity index (χ0) is 24.6. The molecule has 1 fully saturated rings. The van der Waals surface area contributed by atoms with Gasteiger partial charge in [0.15, 0.2) is 0 Å². The van der Waals surface area contributed by atoms with Gasteiger partial charge in [-0.05, 0) is 49.0 Å². The first-order valence-corrected chi connectivity index (χ1v) is 11.2. The molecule has 11 heteroatoms. The third kappa shape index (κ3) is 4.16. The summed E-state index contributed by atoms with van der Waals surface area (Å²) >= 11 is 0. The van der Waals surface area contributed by atoms with Gasteiger partial charge in [0.25, 0.3) is 11.5 Å². The van der Waals surface area contributed by atoms with Crippen LogP contribution < -0.4 is 21.5 Å². The van der Waals surface area contributed by atoms with Crippen molar-refractivity contribution >= 4 is 38.2 Å². The summed E-state index contributed by atoms with van der Waals surface area (Å²) in [7, 11) is 14.7. The smallest absolute Gasteiger partial charge is 0.328 e. The topological polar surface area (TPSA) is 103 Å². The van der Waals surface area contributed by atoms with Crippen molar-refractivity contribution in [3.63, 3.8) is 0 Å². The van der Waals surface area contributed by atoms with Gasteiger partial charge in [0.1, 0.15) is 5.69 Å². The van der Waals surface area contributed by atoms with E-state index in [1.807, 2.05) is 17.9 Å². The van der Waals surface area contributed by atoms with E-state index in [9.17, 15) is 14.4 Å². The van der Waals surface area contributed by atoms with E-state index in [4.69, 9.17) is 15.7 Å². The second-order valence-corrected chi connectivity index (χ2v) is 8.42. The first kappa shape index (κ1) is 23.8. The number of aromatic nitrogens is 3. The standard InChI is InChI=1S/C23H26B2N6O3/c1-4-31-21(33)16-6-5-15(13-18(16)28-22(31)34)23(24,25)30-11-9-29(10-12-30)19-8-7-17(20(32)26-3)27-14(19)2/h5-8,13H,4,9-12H2,1-3H3,(H,26,32)(H,28,34). The minimum atomic E-state index is -1.28. The monoisotopic (exact) mass is 456 g/mol. The summed E-state index contributed by atoms with van der Waals surface area (Å²) in [4.78, 5) is 47.9. The minimum absolute atomic E-state index is 0.221. The van der Waals surface area contributed by atoms with Gasteiger partial charge >= 0.3 is 5.69 Å². The lowest BCUT2D eigenvalue weighted by atomic mass is 9.56. The average molecular weight is 456 g/mol. The van der Waals surface area contributed by atoms with Crippen molar-refractivity contribution in [2.24, 2.45) is 0 Å². The highest BCUT2D eigenvalue weighted by atomic mass is 16.2. The van der Waals surface area contributed by atoms with E-state index in [1.165, 1.54) is 0 Å². The van der Waals surface area contributed by atoms with E-state index in [2.05, 4.69) is 20.2 Å². The van der Waals surface area contributed by atoms with Crippen LogP contribution in [0.2, 0.25) is 0 Å². The second-order valence-electron chi connectivity index (χ2n) is 8.42. The summed E-state index contributed by atoms with van der Waals surface area (Å²) in [6.07, 6.45) is 0. The van der Waals surface area contributed by atoms with E-state index < -0.39 is 11.0 Å². The molecule has 0 atom stereocenters. The Bertz CT molecular complexity index is 1360. The molecular weight excluding hydrogens is 430 g/mol. The number of amides is 1. The molecule has 9 nitrogen and oxygen atoms in total. The summed E-state index contributed by atoms with van der Waals surface area (Å²) < 4.78 is 1.15. The molecule has 1 amide bonds. The van der Waals surface area contributed by atoms with E-state index in [0.29, 0.717) is 48.3 Å². The van der Waals surface area contributed by atoms with Gasteiger partial charge in [-0.2, -0.15) is 0 Å². The number of pyridine rings is 1. The Balaban J connectivity index is 1.54. The fourth-order valence-corrected chi connectivity index (χ4v) is 4.43. The number of aromatic amines is 1. The largest absolute Gasteiger partial charge is 0.368 e. The summed E-state index contributed by atoms with van der Waals surface area (Å²) in [5, 5.41) is 1.71. The second kappa shape index (κ2) is 9.13. The predicted molar refractivity (Wildman–Crippen MR) is 134 cm³/mol. The van der Waals surface area contributed by atoms with Crippen molar-refractivity contribution in [1.29, 1.82) is 0 Å². The van der Waals surface area contributed by atoms with Gasteiger partial charge in [-0.15, -0.1) is 0 Å². The van der Waals surface area contributed by atoms with E-state index in [-0.39, 0.29) is 18.0 Å². The minimum Gasteiger partial charge on any atom is -0.368 e. The maximum Gasteiger partial charge on any atom is 0.328 e. The van der Waals surface area contributed by atoms with Crippen LogP contribution in [0.5, 0.6) is 0 Å². The third-order valence-electron chi connectivity index (χ3n) is 6.42. The number of rotatable bonds is 5. The van der Waals surface area contributed by atoms with E-state index in [0.717, 1.165) is 15.9 Å². The number of hydrogen-bond donors (Lipinski definition) is 2. The predicted octanol–water partition coefficient (Wildman–Crippen LogP) is 0.0422. The van der Waals surface area contributed by atoms with Crippen molar-refractivity contribution < 1.29 is 4.79 Å². The molecule has 2 N–H and O–H groups in total. The first-order valence-electron chi connectivity index (χ1n) is 11.2. The summed E-state index contributed by atoms with van der Waals surface area (Å²) in [6.45, 7) is 6.44. The van der Waals surface area contributed by atoms with E-state index in [1.54, 1.807) is 38.2 Å². The van der Waals surface area contributed by atoms with Gasteiger partial charge < -0.3 is 20.1 Å². The molecule has 0 unspecified atom stereocenters. The van der Waals surface area contributed by atoms with Crippen molar-refractivity contribution in [1.82, 2.24) is 24.8 Å². The SMILES string of the molecule is [B]C([B])(c1ccc2c(=O)n(CC)c(=O)[nH]c2c1)N1CCN(c2ccc(C(=O)NC)nc2C)CC1. The number of nitrogens with one attached hydrogen (secondary N) is 2. The van der Waals surface area contributed by atoms with Crippen molar-refractivity contribution in [3.8, 4) is 0 Å². The van der Waals surface area contributed by atoms with Crippen molar-refractivity contribution in [2.75, 3.05) is 38.1 Å². The van der Waals surface area contributed by atoms with Crippen LogP contribution in [-0.4, -0.2) is 74.3 Å². The third-order valence-corrected chi connectivity index (χ3v) is 6.42. The van der Waals surface area contributed by atoms with Crippen molar-refractivity contribution in [2.45, 2.75) is 25.7 Å². The molecule has 172 valence electrons. The number of carbonyl (C=O) groups is 1. The van der Waals surface area contributed by atoms with Crippen molar-refractivity contribution in [3.05, 3.63) is 68.1 Å². The van der Waals surface area contributed by atoms with Crippen LogP contribution in [0.4, 0.5) is 5.69 Å². The number of anilines is 1. The zero-order valence-corrected chi connectivity index (χ0v) is 19.6. The maximum absolute atomic E-state index is 12.6. The molecule has 1 aliphatic rings. The number of carbonyl (C=O) groups excluding carboxylic acids is 1. The highest BCUT2D eigenvalue weighted by molar-refractivity contribution is 6.39. The van der Waals surface area contributed by atoms with Crippen LogP contribution >= 0.6 is 0 Å². The lowest BCUT2D eigenvalue weighted by molar-refractivity contribution is 0.0958. The van der Waals surface area contributed by atoms with Crippen LogP contribution in [0.15, 0.2) is 39.9 Å². The molecule has 3 heterocycles. The molecular formula is C23H26B2N6O3. The number of piperazine rings is 1. The van der Waals surface area contributed by atoms with Crippen LogP contribution in [0.25, 0.3) is 10.9 Å². The van der Waals surface area contributed by atoms with Gasteiger partial charge in [0.05, 0.1) is 38.0 Å². The Hall–Kier alpha value is -3.33. The van der Waals surface area contributed by atoms with E-state index >= 15 is 0 Å². The van der Waals surface area contributed by atoms with Gasteiger partial charge in [-0.25, -0.2) is 9.78 Å². The molecule has 1 aromatic carbocycles. The van der Waals surface area contributed by atoms with Gasteiger partial charge in [0, 0.05) is 39.8 Å². The number of hydrogen-bond acceptors (Lipinski definition) is 6. The van der Waals surface area contributed by atoms with Gasteiger partial charge in [-0.3, -0.25) is 14.2 Å². The average Bonchev–Trinajstić information content (AvgIpc) is 2.83. The molecule has 1 saturated heterocycles. The number of nitrogens with zero attached hydrogens (tertiary/aromatic N) is 4. The molecule has 0 saturated carbocycles. The Morgan fingerprint density at radius 2 is 1.85 bits per heavy atom. The molecule has 0 spiro atoms. The number of fused-ring (bicyclic) bond motifs is 1. The highest BCUT2D eigenvalue weighted by Crippen LogP contribution is 2.27. The molecule has 1 aliphatic heterocycles. The van der Waals surface area contributed by atoms with Gasteiger partial charge in [-0.1, -0.05) is 6.07 Å². The van der Waals surface area contributed by atoms with Crippen LogP contribution in [0.3, 0.4) is 0 Å². The number of aryl methyl sites for hydroxylation is 1. The lowest BCUT2D eigenvalue weighted by Gasteiger charge is -2.46. The number of benzene rings is 1. The van der Waals surface area contributed by atoms with Crippen LogP contribution in [0, 0.1) is 6.92 Å². The molecule has 4 rings (SSSR count). The fraction of sp³-hybridized carbons (Fsp3) is 0.391. The van der Waals surface area contributed by atoms with Crippen LogP contribution in [0.1, 0.15) is 28.7 Å². The fourth-order valence-electron chi connectivity index (χ4n) is 4.43. The summed E-state index contributed by atoms with van der Waals surface area (Å²) in [5.41, 5.74) is 2.33. The molecule has 0 aliphatic carbocycles. The highest BCUT2D eigenvalue weighted by Gasteiger charge is 2.31. The first-order chi connectivity index (χ1) is 16.2. The van der Waals surface area contributed by atoms with Crippen LogP contribution in [-0.2, 0) is 11.9 Å². The Labute approximate surface area is 200 Å². The number of H-pyrrole nitrogens is 1. The molecule has 34 heavy (non-hydrogen) atoms. The Morgan fingerprint density at radius 3 is 2.47 bits per heavy atom. The Kier molecular flexibility index (Phi) is 6.40. The lowest BCUT2D eigenvalue weighted by Crippen LogP contribution is -2.56. The molecule has 2 aromatic heterocycles. The maximum atomic E-state index is 12.6. The van der Waals surface area contributed by atoms with Gasteiger partial charge in [0.2, 0.25) is 0 Å². The molecule has 0 bridgehead atoms. The quantitative estimate of drug-likeness (QED) is 0.526. The molecule has 4 radical (unpaired) electrons. The Morgan fingerprint density at radius 1 is 1.15 bits per heavy atom. The zero-order valence-electron chi connectivity index (χ0n) is 19.6. The molecule has 3 aromatic rings. The summed E-state index contributed by atoms with van der Waals surface area (Å²) in [6, 6.07) is 8.69.